The maximum Gasteiger partial charge on any atom is 0.159 e. The summed E-state index contributed by atoms with van der Waals surface area (Å²) in [5.41, 5.74) is -0.566. The van der Waals surface area contributed by atoms with Gasteiger partial charge < -0.3 is 0 Å². The summed E-state index contributed by atoms with van der Waals surface area (Å²) < 4.78 is 4.79. The predicted octanol–water partition coefficient (Wildman–Crippen LogP) is 0.554. The highest BCUT2D eigenvalue weighted by Gasteiger charge is 2.14. The molecule has 0 heterocycles. The van der Waals surface area contributed by atoms with Gasteiger partial charge in [0.1, 0.15) is 0 Å². The summed E-state index contributed by atoms with van der Waals surface area (Å²) in [6.45, 7) is 3.58. The van der Waals surface area contributed by atoms with Gasteiger partial charge in [-0.2, -0.15) is 0 Å². The number of terminal acetylenes is 1. The average Bonchev–Trinajstić information content (AvgIpc) is 1.84. The van der Waals surface area contributed by atoms with Crippen molar-refractivity contribution in [1.29, 1.82) is 0 Å². The Morgan fingerprint density at radius 3 is 2.44 bits per heavy atom. The fraction of sp³-hybridized carbons (Fsp3) is 0.667. The normalized spacial score (nSPS) is 11.3. The first kappa shape index (κ1) is 8.83. The molecule has 0 aliphatic carbocycles. The molecule has 3 heteroatoms. The molecule has 0 aliphatic heterocycles. The number of hydrogen-bond acceptors (Lipinski definition) is 2. The Labute approximate surface area is 60.1 Å². The Kier molecular flexibility index (Phi) is 3.71. The fourth-order valence-corrected chi connectivity index (χ4v) is 0.643. The zero-order valence-electron chi connectivity index (χ0n) is 6.10. The SMILES string of the molecule is C#CC(C)(C)OO[SH4]C. The van der Waals surface area contributed by atoms with Gasteiger partial charge in [0.25, 0.3) is 0 Å². The molecule has 0 aromatic heterocycles. The molecule has 9 heavy (non-hydrogen) atoms. The molecule has 0 amide bonds. The third-order valence-electron chi connectivity index (χ3n) is 0.733. The molecule has 2 nitrogen and oxygen atoms in total. The highest BCUT2D eigenvalue weighted by Crippen LogP contribution is 2.10. The Hall–Kier alpha value is -0.170. The van der Waals surface area contributed by atoms with Gasteiger partial charge in [-0.15, -0.1) is 6.42 Å². The van der Waals surface area contributed by atoms with Crippen LogP contribution in [-0.2, 0) is 9.22 Å². The maximum absolute atomic E-state index is 5.11. The maximum atomic E-state index is 5.11. The zero-order chi connectivity index (χ0) is 7.33. The van der Waals surface area contributed by atoms with Crippen LogP contribution in [0.3, 0.4) is 0 Å². The van der Waals surface area contributed by atoms with E-state index < -0.39 is 17.6 Å². The monoisotopic (exact) mass is 150 g/mol. The standard InChI is InChI=1S/C6H14O2S/c1-5-6(2,3)7-8-9-4/h1H,2-4H3,9H4. The molecule has 0 bridgehead atoms. The van der Waals surface area contributed by atoms with Crippen molar-refractivity contribution in [2.24, 2.45) is 0 Å². The first-order valence-electron chi connectivity index (χ1n) is 2.91. The van der Waals surface area contributed by atoms with Crippen LogP contribution in [0, 0.1) is 12.3 Å². The molecule has 0 aromatic carbocycles. The Morgan fingerprint density at radius 1 is 1.56 bits per heavy atom. The highest BCUT2D eigenvalue weighted by atomic mass is 32.2. The summed E-state index contributed by atoms with van der Waals surface area (Å²) in [6.07, 6.45) is 7.09. The van der Waals surface area contributed by atoms with E-state index in [2.05, 4.69) is 5.92 Å². The minimum atomic E-state index is -0.566. The largest absolute Gasteiger partial charge is 0.210 e. The van der Waals surface area contributed by atoms with E-state index in [-0.39, 0.29) is 0 Å². The van der Waals surface area contributed by atoms with Crippen LogP contribution >= 0.6 is 12.0 Å². The van der Waals surface area contributed by atoms with Crippen molar-refractivity contribution in [3.05, 3.63) is 0 Å². The van der Waals surface area contributed by atoms with Gasteiger partial charge in [0.05, 0.1) is 0 Å². The molecular formula is C6H14O2S. The molecule has 0 unspecified atom stereocenters. The third-order valence-corrected chi connectivity index (χ3v) is 1.09. The molecule has 0 saturated heterocycles. The van der Waals surface area contributed by atoms with Crippen LogP contribution in [0.4, 0.5) is 0 Å². The van der Waals surface area contributed by atoms with Crippen LogP contribution in [0.15, 0.2) is 0 Å². The van der Waals surface area contributed by atoms with Crippen molar-refractivity contribution >= 4 is 12.0 Å². The summed E-state index contributed by atoms with van der Waals surface area (Å²) in [5.74, 6) is 2.45. The lowest BCUT2D eigenvalue weighted by Crippen LogP contribution is -2.20. The molecule has 0 spiro atoms. The van der Waals surface area contributed by atoms with E-state index in [0.29, 0.717) is 0 Å². The quantitative estimate of drug-likeness (QED) is 0.332. The highest BCUT2D eigenvalue weighted by molar-refractivity contribution is 7.93. The first-order chi connectivity index (χ1) is 4.12. The van der Waals surface area contributed by atoms with Crippen LogP contribution in [0.1, 0.15) is 13.8 Å². The second-order valence-corrected chi connectivity index (χ2v) is 2.96. The minimum absolute atomic E-state index is 0.493. The molecule has 0 atom stereocenters. The van der Waals surface area contributed by atoms with E-state index in [4.69, 9.17) is 15.6 Å². The van der Waals surface area contributed by atoms with Gasteiger partial charge >= 0.3 is 0 Å². The van der Waals surface area contributed by atoms with Crippen molar-refractivity contribution in [1.82, 2.24) is 0 Å². The second kappa shape index (κ2) is 3.78. The van der Waals surface area contributed by atoms with E-state index in [1.54, 1.807) is 13.8 Å². The lowest BCUT2D eigenvalue weighted by molar-refractivity contribution is -0.247. The Morgan fingerprint density at radius 2 is 2.11 bits per heavy atom. The van der Waals surface area contributed by atoms with Crippen molar-refractivity contribution in [3.63, 3.8) is 0 Å². The van der Waals surface area contributed by atoms with Crippen molar-refractivity contribution in [2.45, 2.75) is 19.4 Å². The van der Waals surface area contributed by atoms with Crippen molar-refractivity contribution < 1.29 is 9.22 Å². The molecular weight excluding hydrogens is 136 g/mol. The van der Waals surface area contributed by atoms with E-state index in [1.165, 1.54) is 0 Å². The van der Waals surface area contributed by atoms with Gasteiger partial charge in [0.2, 0.25) is 0 Å². The summed E-state index contributed by atoms with van der Waals surface area (Å²) in [4.78, 5) is 4.85. The van der Waals surface area contributed by atoms with E-state index >= 15 is 0 Å². The molecule has 0 rings (SSSR count). The third kappa shape index (κ3) is 4.34. The topological polar surface area (TPSA) is 18.5 Å². The molecule has 0 aromatic rings. The van der Waals surface area contributed by atoms with Gasteiger partial charge in [-0.25, -0.2) is 21.3 Å². The van der Waals surface area contributed by atoms with Crippen LogP contribution in [0.5, 0.6) is 0 Å². The van der Waals surface area contributed by atoms with Crippen LogP contribution in [-0.4, -0.2) is 11.9 Å². The van der Waals surface area contributed by atoms with Gasteiger partial charge in [-0.05, 0) is 20.1 Å². The molecule has 0 fully saturated rings. The van der Waals surface area contributed by atoms with Crippen molar-refractivity contribution in [3.8, 4) is 12.3 Å². The zero-order valence-corrected chi connectivity index (χ0v) is 7.52. The number of hydrogen-bond donors (Lipinski definition) is 0. The molecule has 0 aliphatic rings. The Bertz CT molecular complexity index is 115. The second-order valence-electron chi connectivity index (χ2n) is 2.14. The Balaban J connectivity index is 3.49. The number of rotatable bonds is 3. The first-order valence-corrected chi connectivity index (χ1v) is 4.90. The smallest absolute Gasteiger partial charge is 0.159 e. The van der Waals surface area contributed by atoms with Gasteiger partial charge in [0.15, 0.2) is 5.60 Å². The summed E-state index contributed by atoms with van der Waals surface area (Å²) in [6, 6.07) is 0. The van der Waals surface area contributed by atoms with Crippen LogP contribution in [0.25, 0.3) is 0 Å². The molecule has 0 saturated carbocycles. The molecule has 0 radical (unpaired) electrons. The van der Waals surface area contributed by atoms with Gasteiger partial charge in [-0.1, -0.05) is 5.92 Å². The van der Waals surface area contributed by atoms with Gasteiger partial charge in [-0.3, -0.25) is 0 Å². The summed E-state index contributed by atoms with van der Waals surface area (Å²) in [5, 5.41) is 0. The lowest BCUT2D eigenvalue weighted by atomic mass is 10.2. The fourth-order valence-electron chi connectivity index (χ4n) is 0.230. The van der Waals surface area contributed by atoms with Crippen molar-refractivity contribution in [2.75, 3.05) is 6.26 Å². The van der Waals surface area contributed by atoms with Gasteiger partial charge in [0, 0.05) is 0 Å². The molecule has 56 valence electrons. The van der Waals surface area contributed by atoms with Crippen LogP contribution in [0.2, 0.25) is 0 Å². The van der Waals surface area contributed by atoms with E-state index in [9.17, 15) is 0 Å². The average molecular weight is 150 g/mol. The van der Waals surface area contributed by atoms with E-state index in [1.807, 2.05) is 6.26 Å². The predicted molar refractivity (Wildman–Crippen MR) is 44.2 cm³/mol. The molecule has 0 N–H and O–H groups in total. The summed E-state index contributed by atoms with van der Waals surface area (Å²) in [7, 11) is 0. The summed E-state index contributed by atoms with van der Waals surface area (Å²) >= 11 is -0.493. The van der Waals surface area contributed by atoms with E-state index in [0.717, 1.165) is 0 Å². The van der Waals surface area contributed by atoms with Crippen LogP contribution < -0.4 is 0 Å². The lowest BCUT2D eigenvalue weighted by Gasteiger charge is -2.16. The minimum Gasteiger partial charge on any atom is -0.210 e.